The molecule has 0 saturated carbocycles. The van der Waals surface area contributed by atoms with Crippen molar-refractivity contribution in [2.24, 2.45) is 0 Å². The molecule has 192 valence electrons. The average Bonchev–Trinajstić information content (AvgIpc) is 2.84. The van der Waals surface area contributed by atoms with Crippen molar-refractivity contribution in [3.05, 3.63) is 53.2 Å². The van der Waals surface area contributed by atoms with Crippen LogP contribution in [-0.4, -0.2) is 58.4 Å². The highest BCUT2D eigenvalue weighted by atomic mass is 35.5. The van der Waals surface area contributed by atoms with Gasteiger partial charge in [0.2, 0.25) is 22.4 Å². The molecule has 13 heteroatoms. The lowest BCUT2D eigenvalue weighted by atomic mass is 10.2. The molecule has 0 aliphatic heterocycles. The van der Waals surface area contributed by atoms with Gasteiger partial charge in [0.1, 0.15) is 16.5 Å². The SMILES string of the molecule is COc1ccc(Nc2ncc(Cl)c(Nc3ccc(C)cc3N(CCNC=O)S(C)(=O)=O)n2)c(OC)c1. The number of amides is 1. The molecule has 3 rings (SSSR count). The van der Waals surface area contributed by atoms with E-state index in [2.05, 4.69) is 25.9 Å². The Balaban J connectivity index is 1.96. The van der Waals surface area contributed by atoms with Crippen LogP contribution in [0.15, 0.2) is 42.6 Å². The number of methoxy groups -OCH3 is 2. The predicted molar refractivity (Wildman–Crippen MR) is 141 cm³/mol. The Labute approximate surface area is 214 Å². The quantitative estimate of drug-likeness (QED) is 0.236. The summed E-state index contributed by atoms with van der Waals surface area (Å²) in [7, 11) is -0.572. The normalized spacial score (nSPS) is 10.9. The fourth-order valence-electron chi connectivity index (χ4n) is 3.31. The average molecular weight is 535 g/mol. The standard InChI is InChI=1S/C23H27ClN6O5S/c1-15-5-7-18(20(11-15)30(36(4,32)33)10-9-25-14-31)27-22-17(24)13-26-23(29-22)28-19-8-6-16(34-2)12-21(19)35-3/h5-8,11-14H,9-10H2,1-4H3,(H,25,31)(H2,26,27,28,29). The number of anilines is 5. The van der Waals surface area contributed by atoms with Crippen molar-refractivity contribution in [2.45, 2.75) is 6.92 Å². The highest BCUT2D eigenvalue weighted by Gasteiger charge is 2.21. The number of nitrogens with zero attached hydrogens (tertiary/aromatic N) is 3. The van der Waals surface area contributed by atoms with E-state index in [9.17, 15) is 13.2 Å². The maximum absolute atomic E-state index is 12.6. The summed E-state index contributed by atoms with van der Waals surface area (Å²) in [6.07, 6.45) is 3.04. The van der Waals surface area contributed by atoms with Gasteiger partial charge in [-0.25, -0.2) is 13.4 Å². The molecule has 2 aromatic carbocycles. The van der Waals surface area contributed by atoms with Gasteiger partial charge in [-0.1, -0.05) is 17.7 Å². The van der Waals surface area contributed by atoms with Gasteiger partial charge < -0.3 is 25.4 Å². The summed E-state index contributed by atoms with van der Waals surface area (Å²) in [6, 6.07) is 10.5. The zero-order valence-electron chi connectivity index (χ0n) is 20.2. The first-order valence-corrected chi connectivity index (χ1v) is 12.9. The predicted octanol–water partition coefficient (Wildman–Crippen LogP) is 3.45. The van der Waals surface area contributed by atoms with Gasteiger partial charge in [0.05, 0.1) is 50.3 Å². The van der Waals surface area contributed by atoms with E-state index < -0.39 is 10.0 Å². The lowest BCUT2D eigenvalue weighted by Gasteiger charge is -2.25. The number of halogens is 1. The number of carbonyl (C=O) groups is 1. The van der Waals surface area contributed by atoms with Gasteiger partial charge in [0, 0.05) is 12.6 Å². The van der Waals surface area contributed by atoms with Crippen LogP contribution in [0.3, 0.4) is 0 Å². The van der Waals surface area contributed by atoms with E-state index in [1.165, 1.54) is 17.6 Å². The number of sulfonamides is 1. The molecule has 0 bridgehead atoms. The van der Waals surface area contributed by atoms with Crippen LogP contribution in [0.25, 0.3) is 0 Å². The Morgan fingerprint density at radius 2 is 1.83 bits per heavy atom. The summed E-state index contributed by atoms with van der Waals surface area (Å²) in [6.45, 7) is 2.02. The van der Waals surface area contributed by atoms with Crippen LogP contribution in [0, 0.1) is 6.92 Å². The lowest BCUT2D eigenvalue weighted by Crippen LogP contribution is -2.36. The van der Waals surface area contributed by atoms with E-state index in [1.807, 2.05) is 13.0 Å². The summed E-state index contributed by atoms with van der Waals surface area (Å²) in [5, 5.41) is 8.91. The van der Waals surface area contributed by atoms with Crippen LogP contribution < -0.4 is 29.7 Å². The minimum Gasteiger partial charge on any atom is -0.497 e. The number of hydrogen-bond donors (Lipinski definition) is 3. The smallest absolute Gasteiger partial charge is 0.232 e. The number of carbonyl (C=O) groups excluding carboxylic acids is 1. The molecule has 0 aliphatic carbocycles. The van der Waals surface area contributed by atoms with Crippen molar-refractivity contribution in [2.75, 3.05) is 48.5 Å². The summed E-state index contributed by atoms with van der Waals surface area (Å²) < 4.78 is 37.0. The third-order valence-electron chi connectivity index (χ3n) is 5.02. The van der Waals surface area contributed by atoms with Crippen molar-refractivity contribution >= 4 is 56.9 Å². The Hall–Kier alpha value is -3.77. The maximum Gasteiger partial charge on any atom is 0.232 e. The van der Waals surface area contributed by atoms with Crippen LogP contribution in [0.1, 0.15) is 5.56 Å². The minimum absolute atomic E-state index is 0.0390. The molecule has 36 heavy (non-hydrogen) atoms. The Kier molecular flexibility index (Phi) is 8.78. The zero-order chi connectivity index (χ0) is 26.3. The molecule has 0 spiro atoms. The van der Waals surface area contributed by atoms with E-state index >= 15 is 0 Å². The minimum atomic E-state index is -3.67. The van der Waals surface area contributed by atoms with E-state index in [-0.39, 0.29) is 29.9 Å². The first-order chi connectivity index (χ1) is 17.2. The summed E-state index contributed by atoms with van der Waals surface area (Å²) >= 11 is 6.37. The van der Waals surface area contributed by atoms with Gasteiger partial charge in [-0.3, -0.25) is 9.10 Å². The fourth-order valence-corrected chi connectivity index (χ4v) is 4.38. The van der Waals surface area contributed by atoms with E-state index in [0.29, 0.717) is 35.0 Å². The maximum atomic E-state index is 12.6. The number of aryl methyl sites for hydroxylation is 1. The van der Waals surface area contributed by atoms with Gasteiger partial charge in [-0.05, 0) is 36.8 Å². The third-order valence-corrected chi connectivity index (χ3v) is 6.47. The zero-order valence-corrected chi connectivity index (χ0v) is 21.8. The molecule has 3 N–H and O–H groups in total. The van der Waals surface area contributed by atoms with Gasteiger partial charge in [0.15, 0.2) is 5.82 Å². The highest BCUT2D eigenvalue weighted by Crippen LogP contribution is 2.35. The van der Waals surface area contributed by atoms with Crippen molar-refractivity contribution < 1.29 is 22.7 Å². The first kappa shape index (κ1) is 26.8. The third kappa shape index (κ3) is 6.67. The number of nitrogens with one attached hydrogen (secondary N) is 3. The molecule has 0 saturated heterocycles. The molecular formula is C23H27ClN6O5S. The van der Waals surface area contributed by atoms with Crippen LogP contribution in [0.2, 0.25) is 5.02 Å². The summed E-state index contributed by atoms with van der Waals surface area (Å²) in [4.78, 5) is 19.4. The molecule has 3 aromatic rings. The summed E-state index contributed by atoms with van der Waals surface area (Å²) in [5.41, 5.74) is 2.28. The second-order valence-electron chi connectivity index (χ2n) is 7.63. The van der Waals surface area contributed by atoms with Gasteiger partial charge >= 0.3 is 0 Å². The number of rotatable bonds is 12. The van der Waals surface area contributed by atoms with Crippen LogP contribution in [0.4, 0.5) is 28.8 Å². The Bertz CT molecular complexity index is 1340. The molecule has 0 atom stereocenters. The molecule has 1 heterocycles. The second-order valence-corrected chi connectivity index (χ2v) is 9.95. The largest absolute Gasteiger partial charge is 0.497 e. The van der Waals surface area contributed by atoms with Crippen LogP contribution in [0.5, 0.6) is 11.5 Å². The van der Waals surface area contributed by atoms with Crippen LogP contribution >= 0.6 is 11.6 Å². The van der Waals surface area contributed by atoms with Crippen molar-refractivity contribution in [3.63, 3.8) is 0 Å². The van der Waals surface area contributed by atoms with Crippen molar-refractivity contribution in [1.82, 2.24) is 15.3 Å². The van der Waals surface area contributed by atoms with E-state index in [0.717, 1.165) is 11.8 Å². The van der Waals surface area contributed by atoms with Crippen LogP contribution in [-0.2, 0) is 14.8 Å². The molecular weight excluding hydrogens is 508 g/mol. The van der Waals surface area contributed by atoms with Crippen molar-refractivity contribution in [1.29, 1.82) is 0 Å². The first-order valence-electron chi connectivity index (χ1n) is 10.7. The van der Waals surface area contributed by atoms with E-state index in [4.69, 9.17) is 21.1 Å². The topological polar surface area (TPSA) is 135 Å². The molecule has 11 nitrogen and oxygen atoms in total. The number of hydrogen-bond acceptors (Lipinski definition) is 9. The highest BCUT2D eigenvalue weighted by molar-refractivity contribution is 7.92. The molecule has 0 unspecified atom stereocenters. The molecule has 0 fully saturated rings. The summed E-state index contributed by atoms with van der Waals surface area (Å²) in [5.74, 6) is 1.64. The number of aromatic nitrogens is 2. The second kappa shape index (κ2) is 11.8. The molecule has 1 amide bonds. The fraction of sp³-hybridized carbons (Fsp3) is 0.261. The Morgan fingerprint density at radius 1 is 1.08 bits per heavy atom. The van der Waals surface area contributed by atoms with Gasteiger partial charge in [-0.2, -0.15) is 4.98 Å². The van der Waals surface area contributed by atoms with Gasteiger partial charge in [0.25, 0.3) is 0 Å². The van der Waals surface area contributed by atoms with Crippen molar-refractivity contribution in [3.8, 4) is 11.5 Å². The monoisotopic (exact) mass is 534 g/mol. The number of benzene rings is 2. The molecule has 0 aliphatic rings. The molecule has 0 radical (unpaired) electrons. The van der Waals surface area contributed by atoms with E-state index in [1.54, 1.807) is 37.4 Å². The molecule has 1 aromatic heterocycles. The van der Waals surface area contributed by atoms with Gasteiger partial charge in [-0.15, -0.1) is 0 Å². The Morgan fingerprint density at radius 3 is 2.50 bits per heavy atom. The number of ether oxygens (including phenoxy) is 2. The lowest BCUT2D eigenvalue weighted by molar-refractivity contribution is -0.109.